The van der Waals surface area contributed by atoms with Gasteiger partial charge in [0.05, 0.1) is 39.1 Å². The first-order chi connectivity index (χ1) is 18.6. The van der Waals surface area contributed by atoms with Crippen LogP contribution in [0.1, 0.15) is 74.5 Å². The Morgan fingerprint density at radius 3 is 2.45 bits per heavy atom. The van der Waals surface area contributed by atoms with Crippen LogP contribution in [-0.2, 0) is 27.2 Å². The average molecular weight is 523 g/mol. The van der Waals surface area contributed by atoms with Crippen LogP contribution in [0, 0.1) is 23.2 Å². The molecule has 0 unspecified atom stereocenters. The number of aliphatic hydroxyl groups excluding tert-OH is 1. The van der Waals surface area contributed by atoms with Crippen molar-refractivity contribution in [2.24, 2.45) is 23.2 Å². The molecule has 0 radical (unpaired) electrons. The maximum absolute atomic E-state index is 10.8. The molecule has 5 rings (SSSR count). The van der Waals surface area contributed by atoms with E-state index in [1.54, 1.807) is 0 Å². The summed E-state index contributed by atoms with van der Waals surface area (Å²) >= 11 is 0. The largest absolute Gasteiger partial charge is 0.508 e. The van der Waals surface area contributed by atoms with Gasteiger partial charge >= 0.3 is 0 Å². The number of aliphatic hydroxyl groups is 1. The second-order valence-corrected chi connectivity index (χ2v) is 12.0. The Morgan fingerprint density at radius 2 is 1.63 bits per heavy atom. The maximum Gasteiger partial charge on any atom is 0.115 e. The third kappa shape index (κ3) is 6.28. The first-order valence-corrected chi connectivity index (χ1v) is 14.8. The number of phenols is 1. The van der Waals surface area contributed by atoms with Gasteiger partial charge in [-0.05, 0) is 103 Å². The average Bonchev–Trinajstić information content (AvgIpc) is 3.23. The van der Waals surface area contributed by atoms with Crippen LogP contribution >= 0.6 is 0 Å². The fraction of sp³-hybridized carbons (Fsp3) is 0.636. The normalized spacial score (nSPS) is 30.0. The van der Waals surface area contributed by atoms with Gasteiger partial charge in [-0.25, -0.2) is 0 Å². The van der Waals surface area contributed by atoms with Gasteiger partial charge in [-0.2, -0.15) is 0 Å². The number of rotatable bonds is 13. The number of ether oxygens (including phenoxy) is 3. The van der Waals surface area contributed by atoms with E-state index in [0.29, 0.717) is 62.5 Å². The summed E-state index contributed by atoms with van der Waals surface area (Å²) in [5.41, 5.74) is 4.06. The Morgan fingerprint density at radius 1 is 0.868 bits per heavy atom. The molecule has 0 bridgehead atoms. The summed E-state index contributed by atoms with van der Waals surface area (Å²) in [5.74, 6) is 2.81. The molecule has 5 nitrogen and oxygen atoms in total. The van der Waals surface area contributed by atoms with Crippen LogP contribution in [0.4, 0.5) is 0 Å². The minimum Gasteiger partial charge on any atom is -0.508 e. The number of hydrogen-bond acceptors (Lipinski definition) is 5. The highest BCUT2D eigenvalue weighted by Gasteiger charge is 2.56. The van der Waals surface area contributed by atoms with Gasteiger partial charge in [0.25, 0.3) is 0 Å². The van der Waals surface area contributed by atoms with Crippen molar-refractivity contribution in [1.29, 1.82) is 0 Å². The Hall–Kier alpha value is -1.92. The molecule has 0 spiro atoms. The van der Waals surface area contributed by atoms with Crippen molar-refractivity contribution in [3.05, 3.63) is 65.2 Å². The summed E-state index contributed by atoms with van der Waals surface area (Å²) in [6.45, 7) is 6.15. The zero-order valence-electron chi connectivity index (χ0n) is 23.0. The summed E-state index contributed by atoms with van der Waals surface area (Å²) in [5, 5.41) is 21.0. The molecule has 0 aliphatic heterocycles. The van der Waals surface area contributed by atoms with Crippen LogP contribution in [-0.4, -0.2) is 49.4 Å². The van der Waals surface area contributed by atoms with Crippen LogP contribution in [0.3, 0.4) is 0 Å². The van der Waals surface area contributed by atoms with Crippen LogP contribution < -0.4 is 0 Å². The maximum atomic E-state index is 10.8. The smallest absolute Gasteiger partial charge is 0.115 e. The molecule has 2 aromatic rings. The highest BCUT2D eigenvalue weighted by Crippen LogP contribution is 2.62. The standard InChI is InChI=1S/C33H46O5/c1-33-15-14-29-28-11-10-27(34)22-26(28)21-25(32(29)30(33)12-13-31(33)35)9-5-6-16-36-17-18-37-19-20-38-23-24-7-3-2-4-8-24/h2-4,7-8,10-11,22,25,29-32,34-35H,5-6,9,12-21,23H2,1H3/t25-,29+,30-,31-,32+,33-/m0/s1. The van der Waals surface area contributed by atoms with E-state index in [0.717, 1.165) is 51.6 Å². The van der Waals surface area contributed by atoms with Gasteiger partial charge in [0.1, 0.15) is 5.75 Å². The van der Waals surface area contributed by atoms with Gasteiger partial charge < -0.3 is 24.4 Å². The van der Waals surface area contributed by atoms with Crippen molar-refractivity contribution in [2.75, 3.05) is 33.0 Å². The summed E-state index contributed by atoms with van der Waals surface area (Å²) in [4.78, 5) is 0. The number of hydrogen-bond donors (Lipinski definition) is 2. The SMILES string of the molecule is C[C@]12CC[C@@H]3c4ccc(O)cc4C[C@H](CCCCOCCOCCOCc4ccccc4)[C@H]3[C@@H]1CC[C@@H]2O. The Labute approximate surface area is 228 Å². The molecule has 0 amide bonds. The van der Waals surface area contributed by atoms with Crippen molar-refractivity contribution in [1.82, 2.24) is 0 Å². The fourth-order valence-corrected chi connectivity index (χ4v) is 7.85. The van der Waals surface area contributed by atoms with E-state index in [-0.39, 0.29) is 11.5 Å². The van der Waals surface area contributed by atoms with E-state index in [9.17, 15) is 10.2 Å². The predicted molar refractivity (Wildman–Crippen MR) is 149 cm³/mol. The van der Waals surface area contributed by atoms with E-state index < -0.39 is 0 Å². The second-order valence-electron chi connectivity index (χ2n) is 12.0. The fourth-order valence-electron chi connectivity index (χ4n) is 7.85. The van der Waals surface area contributed by atoms with E-state index in [4.69, 9.17) is 14.2 Å². The highest BCUT2D eigenvalue weighted by molar-refractivity contribution is 5.40. The number of aromatic hydroxyl groups is 1. The Kier molecular flexibility index (Phi) is 9.42. The minimum atomic E-state index is -0.152. The van der Waals surface area contributed by atoms with Crippen molar-refractivity contribution in [3.8, 4) is 5.75 Å². The molecular formula is C33H46O5. The Bertz CT molecular complexity index is 1010. The van der Waals surface area contributed by atoms with Crippen molar-refractivity contribution in [2.45, 2.75) is 76.9 Å². The van der Waals surface area contributed by atoms with Crippen LogP contribution in [0.2, 0.25) is 0 Å². The molecular weight excluding hydrogens is 476 g/mol. The molecule has 5 heteroatoms. The van der Waals surface area contributed by atoms with Gasteiger partial charge in [0.15, 0.2) is 0 Å². The molecule has 3 aliphatic carbocycles. The van der Waals surface area contributed by atoms with Crippen LogP contribution in [0.25, 0.3) is 0 Å². The van der Waals surface area contributed by atoms with Crippen LogP contribution in [0.5, 0.6) is 5.75 Å². The summed E-state index contributed by atoms with van der Waals surface area (Å²) in [6.07, 6.45) is 8.68. The first-order valence-electron chi connectivity index (χ1n) is 14.8. The van der Waals surface area contributed by atoms with Crippen molar-refractivity contribution in [3.63, 3.8) is 0 Å². The van der Waals surface area contributed by atoms with Crippen molar-refractivity contribution < 1.29 is 24.4 Å². The zero-order valence-corrected chi connectivity index (χ0v) is 23.0. The van der Waals surface area contributed by atoms with Gasteiger partial charge in [-0.15, -0.1) is 0 Å². The second kappa shape index (κ2) is 13.0. The highest BCUT2D eigenvalue weighted by atomic mass is 16.5. The topological polar surface area (TPSA) is 68.2 Å². The van der Waals surface area contributed by atoms with E-state index >= 15 is 0 Å². The number of fused-ring (bicyclic) bond motifs is 5. The van der Waals surface area contributed by atoms with E-state index in [1.807, 2.05) is 30.3 Å². The van der Waals surface area contributed by atoms with E-state index in [1.165, 1.54) is 23.1 Å². The Balaban J connectivity index is 1.02. The molecule has 2 aromatic carbocycles. The molecule has 0 heterocycles. The summed E-state index contributed by atoms with van der Waals surface area (Å²) in [6, 6.07) is 16.2. The summed E-state index contributed by atoms with van der Waals surface area (Å²) < 4.78 is 17.1. The quantitative estimate of drug-likeness (QED) is 0.304. The molecule has 0 aromatic heterocycles. The molecule has 38 heavy (non-hydrogen) atoms. The van der Waals surface area contributed by atoms with Gasteiger partial charge in [0, 0.05) is 6.61 Å². The minimum absolute atomic E-state index is 0.0730. The molecule has 3 aliphatic rings. The molecule has 6 atom stereocenters. The van der Waals surface area contributed by atoms with E-state index in [2.05, 4.69) is 25.1 Å². The lowest BCUT2D eigenvalue weighted by atomic mass is 9.52. The number of unbranched alkanes of at least 4 members (excludes halogenated alkanes) is 1. The third-order valence-electron chi connectivity index (χ3n) is 9.80. The molecule has 0 saturated heterocycles. The molecule has 2 saturated carbocycles. The van der Waals surface area contributed by atoms with Gasteiger partial charge in [0.2, 0.25) is 0 Å². The first kappa shape index (κ1) is 27.6. The molecule has 208 valence electrons. The monoisotopic (exact) mass is 522 g/mol. The number of benzene rings is 2. The number of phenolic OH excluding ortho intramolecular Hbond substituents is 1. The molecule has 2 fully saturated rings. The lowest BCUT2D eigenvalue weighted by Crippen LogP contribution is -2.47. The van der Waals surface area contributed by atoms with Gasteiger partial charge in [-0.1, -0.05) is 49.7 Å². The third-order valence-corrected chi connectivity index (χ3v) is 9.80. The summed E-state index contributed by atoms with van der Waals surface area (Å²) in [7, 11) is 0. The van der Waals surface area contributed by atoms with Crippen molar-refractivity contribution >= 4 is 0 Å². The van der Waals surface area contributed by atoms with Crippen LogP contribution in [0.15, 0.2) is 48.5 Å². The zero-order chi connectivity index (χ0) is 26.4. The predicted octanol–water partition coefficient (Wildman–Crippen LogP) is 6.26. The lowest BCUT2D eigenvalue weighted by molar-refractivity contribution is -0.0399. The molecule has 2 N–H and O–H groups in total. The lowest BCUT2D eigenvalue weighted by Gasteiger charge is -2.53. The van der Waals surface area contributed by atoms with Gasteiger partial charge in [-0.3, -0.25) is 0 Å².